The van der Waals surface area contributed by atoms with Gasteiger partial charge >= 0.3 is 231 Å². The van der Waals surface area contributed by atoms with Crippen LogP contribution in [-0.2, 0) is 21.6 Å². The van der Waals surface area contributed by atoms with Gasteiger partial charge in [0.15, 0.2) is 0 Å². The molecule has 0 saturated carbocycles. The number of aromatic nitrogens is 4. The number of rotatable bonds is 11. The van der Waals surface area contributed by atoms with Crippen LogP contribution in [0.3, 0.4) is 0 Å². The van der Waals surface area contributed by atoms with Crippen molar-refractivity contribution in [2.75, 3.05) is 19.9 Å². The van der Waals surface area contributed by atoms with Crippen LogP contribution in [0.15, 0.2) is 6.33 Å². The van der Waals surface area contributed by atoms with E-state index in [4.69, 9.17) is 35.0 Å². The van der Waals surface area contributed by atoms with Gasteiger partial charge in [-0.25, -0.2) is 0 Å². The number of hydrogen-bond donors (Lipinski definition) is 5. The van der Waals surface area contributed by atoms with Gasteiger partial charge in [0.1, 0.15) is 0 Å². The number of H-pyrrole nitrogens is 1. The van der Waals surface area contributed by atoms with Crippen LogP contribution in [0.5, 0.6) is 0 Å². The number of fused-ring (bicyclic) bond motifs is 1. The van der Waals surface area contributed by atoms with Gasteiger partial charge in [-0.3, -0.25) is 0 Å². The molecule has 0 radical (unpaired) electrons. The molecule has 0 aliphatic carbocycles. The zero-order valence-electron chi connectivity index (χ0n) is 21.3. The molecule has 0 bridgehead atoms. The average Bonchev–Trinajstić information content (AvgIpc) is 3.42. The van der Waals surface area contributed by atoms with Gasteiger partial charge in [-0.2, -0.15) is 0 Å². The summed E-state index contributed by atoms with van der Waals surface area (Å²) in [5.41, 5.74) is 5.20. The minimum absolute atomic E-state index is 0.00718. The number of nitrogens with zero attached hydrogens (tertiary/aromatic N) is 3. The number of amides is 1. The number of nitrogen functional groups attached to an aromatic ring is 1. The van der Waals surface area contributed by atoms with Crippen LogP contribution in [0.25, 0.3) is 11.2 Å². The standard InChI is InChI=1S/C20H33IN6O8PS/c1-7-20(29,8-2)36(30,31)35-19(3,4)13-11(32-6)12(34-21-17(28)23-5)16(33-13)27-9-24-10-14(27)25-18(22)26-15(10)37/h9,11-13,16,29H,7-8H2,1-6H3,(H,23,28)(H,30,31)(H3,22,25,26,37)/q-1. The number of hydrogen-bond acceptors (Lipinski definition) is 11. The molecule has 210 valence electrons. The number of ether oxygens (including phenoxy) is 2. The fourth-order valence-corrected chi connectivity index (χ4v) is 7.40. The first-order valence-corrected chi connectivity index (χ1v) is 15.4. The summed E-state index contributed by atoms with van der Waals surface area (Å²) in [6.07, 6.45) is -2.12. The third-order valence-corrected chi connectivity index (χ3v) is 10.8. The van der Waals surface area contributed by atoms with Crippen molar-refractivity contribution in [1.82, 2.24) is 24.8 Å². The maximum absolute atomic E-state index is 13.2. The number of aliphatic hydroxyl groups is 1. The molecule has 0 spiro atoms. The van der Waals surface area contributed by atoms with Gasteiger partial charge < -0.3 is 0 Å². The molecule has 37 heavy (non-hydrogen) atoms. The van der Waals surface area contributed by atoms with E-state index in [-0.39, 0.29) is 27.3 Å². The third-order valence-electron chi connectivity index (χ3n) is 6.32. The monoisotopic (exact) mass is 675 g/mol. The number of halogens is 1. The fraction of sp³-hybridized carbons (Fsp3) is 0.700. The molecule has 0 aromatic carbocycles. The van der Waals surface area contributed by atoms with Gasteiger partial charge in [-0.15, -0.1) is 0 Å². The van der Waals surface area contributed by atoms with Gasteiger partial charge in [0.25, 0.3) is 0 Å². The molecule has 1 aliphatic rings. The Labute approximate surface area is 230 Å². The Morgan fingerprint density at radius 3 is 2.62 bits per heavy atom. The molecule has 3 rings (SSSR count). The number of nitrogens with one attached hydrogen (secondary N) is 2. The summed E-state index contributed by atoms with van der Waals surface area (Å²) in [5.74, 6) is 0.0654. The second kappa shape index (κ2) is 11.5. The molecule has 1 aliphatic heterocycles. The zero-order chi connectivity index (χ0) is 27.8. The molecule has 1 amide bonds. The average molecular weight is 675 g/mol. The van der Waals surface area contributed by atoms with Crippen LogP contribution in [-0.4, -0.2) is 76.8 Å². The van der Waals surface area contributed by atoms with Crippen LogP contribution in [0.2, 0.25) is 0 Å². The fourth-order valence-electron chi connectivity index (χ4n) is 4.16. The van der Waals surface area contributed by atoms with Crippen molar-refractivity contribution in [1.29, 1.82) is 0 Å². The number of carbonyl (C=O) groups excluding carboxylic acids is 1. The van der Waals surface area contributed by atoms with E-state index in [1.54, 1.807) is 32.3 Å². The third kappa shape index (κ3) is 5.86. The summed E-state index contributed by atoms with van der Waals surface area (Å²) in [4.78, 5) is 34.1. The summed E-state index contributed by atoms with van der Waals surface area (Å²) < 4.78 is 38.6. The number of methoxy groups -OCH3 is 1. The first-order chi connectivity index (χ1) is 17.2. The Balaban J connectivity index is 2.06. The molecule has 17 heteroatoms. The van der Waals surface area contributed by atoms with Crippen LogP contribution in [0, 0.1) is 4.64 Å². The van der Waals surface area contributed by atoms with Crippen molar-refractivity contribution < 1.29 is 58.0 Å². The Kier molecular flexibility index (Phi) is 9.40. The van der Waals surface area contributed by atoms with Crippen LogP contribution in [0.4, 0.5) is 10.7 Å². The molecule has 3 heterocycles. The van der Waals surface area contributed by atoms with Crippen LogP contribution in [0.1, 0.15) is 46.8 Å². The molecule has 2 aromatic rings. The Morgan fingerprint density at radius 2 is 2.05 bits per heavy atom. The first kappa shape index (κ1) is 30.3. The van der Waals surface area contributed by atoms with E-state index >= 15 is 0 Å². The molecule has 2 aromatic heterocycles. The van der Waals surface area contributed by atoms with Gasteiger partial charge in [0, 0.05) is 0 Å². The predicted octanol–water partition coefficient (Wildman–Crippen LogP) is -0.799. The first-order valence-electron chi connectivity index (χ1n) is 11.4. The molecular formula is C20H33IN6O8PS-. The normalized spacial score (nSPS) is 24.4. The summed E-state index contributed by atoms with van der Waals surface area (Å²) in [5, 5.41) is 11.4. The van der Waals surface area contributed by atoms with E-state index in [1.807, 2.05) is 0 Å². The molecule has 1 fully saturated rings. The van der Waals surface area contributed by atoms with Crippen molar-refractivity contribution in [3.05, 3.63) is 11.0 Å². The quantitative estimate of drug-likeness (QED) is 0.0656. The van der Waals surface area contributed by atoms with Crippen LogP contribution < -0.4 is 32.7 Å². The van der Waals surface area contributed by atoms with Gasteiger partial charge in [0.05, 0.1) is 0 Å². The number of imidazole rings is 1. The molecular weight excluding hydrogens is 642 g/mol. The molecule has 1 saturated heterocycles. The molecule has 5 atom stereocenters. The van der Waals surface area contributed by atoms with E-state index in [1.165, 1.54) is 20.5 Å². The Morgan fingerprint density at radius 1 is 1.41 bits per heavy atom. The molecule has 5 unspecified atom stereocenters. The van der Waals surface area contributed by atoms with Gasteiger partial charge in [-0.05, 0) is 0 Å². The molecule has 14 nitrogen and oxygen atoms in total. The maximum atomic E-state index is 13.2. The van der Waals surface area contributed by atoms with E-state index in [0.717, 1.165) is 0 Å². The number of aromatic amines is 1. The van der Waals surface area contributed by atoms with E-state index in [2.05, 4.69) is 20.3 Å². The number of nitrogens with two attached hydrogens (primary N) is 1. The number of anilines is 1. The Bertz CT molecular complexity index is 1240. The van der Waals surface area contributed by atoms with E-state index in [0.29, 0.717) is 11.2 Å². The van der Waals surface area contributed by atoms with Crippen LogP contribution >= 0.6 is 19.8 Å². The summed E-state index contributed by atoms with van der Waals surface area (Å²) in [6.45, 7) is 6.33. The van der Waals surface area contributed by atoms with E-state index < -0.39 is 64.7 Å². The van der Waals surface area contributed by atoms with Crippen molar-refractivity contribution in [2.45, 2.75) is 76.0 Å². The topological polar surface area (TPSA) is 196 Å². The summed E-state index contributed by atoms with van der Waals surface area (Å²) in [7, 11) is -1.62. The van der Waals surface area contributed by atoms with Crippen molar-refractivity contribution in [2.24, 2.45) is 0 Å². The predicted molar refractivity (Wildman–Crippen MR) is 132 cm³/mol. The minimum atomic E-state index is -4.56. The summed E-state index contributed by atoms with van der Waals surface area (Å²) in [6, 6.07) is 0. The van der Waals surface area contributed by atoms with E-state index in [9.17, 15) is 19.4 Å². The molecule has 6 N–H and O–H groups in total. The van der Waals surface area contributed by atoms with Crippen molar-refractivity contribution in [3.8, 4) is 0 Å². The second-order valence-corrected chi connectivity index (χ2v) is 13.4. The van der Waals surface area contributed by atoms with Gasteiger partial charge in [0.2, 0.25) is 0 Å². The second-order valence-electron chi connectivity index (χ2n) is 8.98. The Hall–Kier alpha value is -1.24. The number of carbonyl (C=O) groups is 1. The zero-order valence-corrected chi connectivity index (χ0v) is 25.2. The van der Waals surface area contributed by atoms with Crippen molar-refractivity contribution in [3.63, 3.8) is 0 Å². The summed E-state index contributed by atoms with van der Waals surface area (Å²) >= 11 is 3.82. The van der Waals surface area contributed by atoms with Gasteiger partial charge in [-0.1, -0.05) is 0 Å². The SMILES string of the molecule is CCC(O)(CC)P(=O)(O)OC(C)(C)C1OC(n2cnc3c(=S)nc(N)[nH]c32)C(O[I-]C(=O)NC)C1OC. The van der Waals surface area contributed by atoms with Crippen molar-refractivity contribution >= 4 is 40.8 Å².